The Bertz CT molecular complexity index is 640. The zero-order chi connectivity index (χ0) is 16.4. The number of hydrogen-bond donors (Lipinski definition) is 2. The SMILES string of the molecule is N=S(=O)=O.NC(=O)C(Cc1ccccc1)Oc1ccccc1. The van der Waals surface area contributed by atoms with Crippen LogP contribution in [0, 0.1) is 4.78 Å². The fraction of sp³-hybridized carbons (Fsp3) is 0.133. The molecular weight excluding hydrogens is 304 g/mol. The van der Waals surface area contributed by atoms with Gasteiger partial charge < -0.3 is 10.5 Å². The van der Waals surface area contributed by atoms with Gasteiger partial charge in [-0.3, -0.25) is 4.79 Å². The lowest BCUT2D eigenvalue weighted by atomic mass is 10.1. The molecule has 0 radical (unpaired) electrons. The predicted molar refractivity (Wildman–Crippen MR) is 81.8 cm³/mol. The summed E-state index contributed by atoms with van der Waals surface area (Å²) in [5.74, 6) is 0.194. The first-order valence-electron chi connectivity index (χ1n) is 6.34. The summed E-state index contributed by atoms with van der Waals surface area (Å²) < 4.78 is 28.4. The van der Waals surface area contributed by atoms with Gasteiger partial charge in [-0.05, 0) is 17.7 Å². The molecule has 2 aromatic carbocycles. The number of para-hydroxylation sites is 1. The topological polar surface area (TPSA) is 110 Å². The van der Waals surface area contributed by atoms with Gasteiger partial charge in [0.2, 0.25) is 0 Å². The van der Waals surface area contributed by atoms with Crippen LogP contribution in [0.25, 0.3) is 0 Å². The van der Waals surface area contributed by atoms with E-state index < -0.39 is 22.5 Å². The van der Waals surface area contributed by atoms with Crippen LogP contribution in [0.4, 0.5) is 0 Å². The van der Waals surface area contributed by atoms with E-state index in [4.69, 9.17) is 23.7 Å². The first kappa shape index (κ1) is 17.4. The Labute approximate surface area is 130 Å². The van der Waals surface area contributed by atoms with E-state index in [1.165, 1.54) is 0 Å². The second-order valence-corrected chi connectivity index (χ2v) is 4.72. The molecule has 0 aromatic heterocycles. The number of nitrogens with one attached hydrogen (secondary N) is 1. The number of ether oxygens (including phenoxy) is 1. The number of primary amides is 1. The van der Waals surface area contributed by atoms with Crippen LogP contribution in [0.5, 0.6) is 5.75 Å². The number of hydrogen-bond acceptors (Lipinski definition) is 5. The highest BCUT2D eigenvalue weighted by Gasteiger charge is 2.17. The Morgan fingerprint density at radius 3 is 1.95 bits per heavy atom. The third kappa shape index (κ3) is 7.20. The molecule has 0 aliphatic heterocycles. The van der Waals surface area contributed by atoms with Crippen LogP contribution < -0.4 is 10.5 Å². The number of benzene rings is 2. The molecule has 0 aliphatic rings. The largest absolute Gasteiger partial charge is 0.480 e. The van der Waals surface area contributed by atoms with Crippen LogP contribution in [0.3, 0.4) is 0 Å². The minimum absolute atomic E-state index is 0.456. The molecule has 1 unspecified atom stereocenters. The summed E-state index contributed by atoms with van der Waals surface area (Å²) in [6.07, 6.45) is -0.166. The van der Waals surface area contributed by atoms with Gasteiger partial charge in [0.05, 0.1) is 0 Å². The Balaban J connectivity index is 0.000000541. The van der Waals surface area contributed by atoms with E-state index in [-0.39, 0.29) is 0 Å². The first-order chi connectivity index (χ1) is 10.5. The van der Waals surface area contributed by atoms with Gasteiger partial charge in [0, 0.05) is 6.42 Å². The van der Waals surface area contributed by atoms with E-state index in [1.54, 1.807) is 12.1 Å². The molecule has 7 heteroatoms. The van der Waals surface area contributed by atoms with Gasteiger partial charge in [-0.15, -0.1) is 0 Å². The fourth-order valence-corrected chi connectivity index (χ4v) is 1.69. The lowest BCUT2D eigenvalue weighted by Gasteiger charge is -2.16. The van der Waals surface area contributed by atoms with Crippen molar-refractivity contribution in [2.24, 2.45) is 5.73 Å². The Hall–Kier alpha value is -2.67. The number of nitrogens with two attached hydrogens (primary N) is 1. The molecule has 0 spiro atoms. The smallest absolute Gasteiger partial charge is 0.308 e. The second kappa shape index (κ2) is 9.30. The van der Waals surface area contributed by atoms with Crippen LogP contribution in [-0.4, -0.2) is 20.4 Å². The minimum atomic E-state index is -2.61. The second-order valence-electron chi connectivity index (χ2n) is 4.25. The highest BCUT2D eigenvalue weighted by molar-refractivity contribution is 7.60. The van der Waals surface area contributed by atoms with Gasteiger partial charge in [0.25, 0.3) is 5.91 Å². The molecule has 0 saturated heterocycles. The Kier molecular flexibility index (Phi) is 7.35. The quantitative estimate of drug-likeness (QED) is 0.875. The summed E-state index contributed by atoms with van der Waals surface area (Å²) in [6, 6.07) is 18.9. The number of carbonyl (C=O) groups is 1. The molecule has 6 nitrogen and oxygen atoms in total. The summed E-state index contributed by atoms with van der Waals surface area (Å²) in [4.78, 5) is 11.4. The standard InChI is InChI=1S/C15H15NO2.HNO2S/c16-15(17)14(11-12-7-3-1-4-8-12)18-13-9-5-2-6-10-13;1-4(2)3/h1-10,14H,11H2,(H2,16,17);1H. The normalized spacial score (nSPS) is 10.7. The average molecular weight is 320 g/mol. The molecule has 1 atom stereocenters. The third-order valence-electron chi connectivity index (χ3n) is 2.60. The lowest BCUT2D eigenvalue weighted by molar-refractivity contribution is -0.124. The Morgan fingerprint density at radius 1 is 1.05 bits per heavy atom. The van der Waals surface area contributed by atoms with E-state index in [0.29, 0.717) is 12.2 Å². The fourth-order valence-electron chi connectivity index (χ4n) is 1.69. The van der Waals surface area contributed by atoms with Crippen LogP contribution in [0.2, 0.25) is 0 Å². The minimum Gasteiger partial charge on any atom is -0.480 e. The molecule has 2 aromatic rings. The Morgan fingerprint density at radius 2 is 1.50 bits per heavy atom. The van der Waals surface area contributed by atoms with Crippen LogP contribution in [0.15, 0.2) is 60.7 Å². The van der Waals surface area contributed by atoms with Crippen molar-refractivity contribution in [3.8, 4) is 5.75 Å². The van der Waals surface area contributed by atoms with Gasteiger partial charge >= 0.3 is 10.5 Å². The van der Waals surface area contributed by atoms with Crippen LogP contribution in [0.1, 0.15) is 5.56 Å². The van der Waals surface area contributed by atoms with Gasteiger partial charge in [-0.25, -0.2) is 0 Å². The number of carbonyl (C=O) groups excluding carboxylic acids is 1. The molecular formula is C15H16N2O4S. The molecule has 22 heavy (non-hydrogen) atoms. The third-order valence-corrected chi connectivity index (χ3v) is 2.60. The maximum Gasteiger partial charge on any atom is 0.308 e. The summed E-state index contributed by atoms with van der Waals surface area (Å²) in [6.45, 7) is 0. The summed E-state index contributed by atoms with van der Waals surface area (Å²) in [7, 11) is -2.61. The molecule has 3 N–H and O–H groups in total. The highest BCUT2D eigenvalue weighted by Crippen LogP contribution is 2.13. The van der Waals surface area contributed by atoms with Gasteiger partial charge in [-0.2, -0.15) is 13.2 Å². The molecule has 0 fully saturated rings. The van der Waals surface area contributed by atoms with Crippen molar-refractivity contribution < 1.29 is 17.9 Å². The predicted octanol–water partition coefficient (Wildman–Crippen LogP) is 1.79. The number of rotatable bonds is 5. The highest BCUT2D eigenvalue weighted by atomic mass is 32.2. The first-order valence-corrected chi connectivity index (χ1v) is 7.42. The monoisotopic (exact) mass is 320 g/mol. The van der Waals surface area contributed by atoms with Crippen molar-refractivity contribution in [3.63, 3.8) is 0 Å². The zero-order valence-electron chi connectivity index (χ0n) is 11.7. The van der Waals surface area contributed by atoms with Gasteiger partial charge in [0.1, 0.15) is 5.75 Å². The molecule has 2 rings (SSSR count). The van der Waals surface area contributed by atoms with E-state index in [2.05, 4.69) is 0 Å². The van der Waals surface area contributed by atoms with Crippen LogP contribution in [-0.2, 0) is 21.7 Å². The van der Waals surface area contributed by atoms with Crippen molar-refractivity contribution in [3.05, 3.63) is 66.2 Å². The van der Waals surface area contributed by atoms with Crippen molar-refractivity contribution in [1.29, 1.82) is 4.78 Å². The van der Waals surface area contributed by atoms with E-state index in [9.17, 15) is 4.79 Å². The van der Waals surface area contributed by atoms with E-state index in [1.807, 2.05) is 48.5 Å². The van der Waals surface area contributed by atoms with Gasteiger partial charge in [-0.1, -0.05) is 48.5 Å². The molecule has 116 valence electrons. The molecule has 0 aliphatic carbocycles. The average Bonchev–Trinajstić information content (AvgIpc) is 2.48. The van der Waals surface area contributed by atoms with E-state index in [0.717, 1.165) is 5.56 Å². The van der Waals surface area contributed by atoms with Gasteiger partial charge in [0.15, 0.2) is 6.10 Å². The molecule has 0 bridgehead atoms. The van der Waals surface area contributed by atoms with Crippen molar-refractivity contribution >= 4 is 16.4 Å². The van der Waals surface area contributed by atoms with Crippen LogP contribution >= 0.6 is 0 Å². The number of amides is 1. The summed E-state index contributed by atoms with van der Waals surface area (Å²) in [5, 5.41) is 0. The molecule has 0 saturated carbocycles. The molecule has 1 amide bonds. The van der Waals surface area contributed by atoms with Crippen molar-refractivity contribution in [2.45, 2.75) is 12.5 Å². The van der Waals surface area contributed by atoms with Crippen molar-refractivity contribution in [1.82, 2.24) is 0 Å². The lowest BCUT2D eigenvalue weighted by Crippen LogP contribution is -2.35. The summed E-state index contributed by atoms with van der Waals surface area (Å²) in [5.41, 5.74) is 6.39. The summed E-state index contributed by atoms with van der Waals surface area (Å²) >= 11 is 0. The maximum atomic E-state index is 11.4. The maximum absolute atomic E-state index is 11.4. The zero-order valence-corrected chi connectivity index (χ0v) is 12.5. The van der Waals surface area contributed by atoms with E-state index >= 15 is 0 Å². The molecule has 0 heterocycles. The van der Waals surface area contributed by atoms with Crippen molar-refractivity contribution in [2.75, 3.05) is 0 Å².